The van der Waals surface area contributed by atoms with Crippen LogP contribution in [0, 0.1) is 0 Å². The number of rotatable bonds is 1. The van der Waals surface area contributed by atoms with Gasteiger partial charge >= 0.3 is 0 Å². The first-order chi connectivity index (χ1) is 6.29. The van der Waals surface area contributed by atoms with Gasteiger partial charge in [-0.1, -0.05) is 0 Å². The summed E-state index contributed by atoms with van der Waals surface area (Å²) in [5, 5.41) is 4.05. The second-order valence-corrected chi connectivity index (χ2v) is 3.31. The molecule has 1 unspecified atom stereocenters. The standard InChI is InChI=1S/C8H14N4O/c1-11-3-4-13-5-7(11)8-9-6-10-12(8)2/h6-7H,3-5H2,1-2H3. The Morgan fingerprint density at radius 2 is 2.38 bits per heavy atom. The van der Waals surface area contributed by atoms with Gasteiger partial charge in [-0.05, 0) is 7.05 Å². The van der Waals surface area contributed by atoms with Gasteiger partial charge < -0.3 is 4.74 Å². The molecule has 2 rings (SSSR count). The number of hydrogen-bond acceptors (Lipinski definition) is 4. The van der Waals surface area contributed by atoms with Crippen LogP contribution >= 0.6 is 0 Å². The molecule has 0 saturated carbocycles. The van der Waals surface area contributed by atoms with E-state index in [0.29, 0.717) is 6.61 Å². The summed E-state index contributed by atoms with van der Waals surface area (Å²) in [6.07, 6.45) is 1.58. The van der Waals surface area contributed by atoms with Gasteiger partial charge in [0.15, 0.2) is 0 Å². The maximum Gasteiger partial charge on any atom is 0.146 e. The first-order valence-corrected chi connectivity index (χ1v) is 4.41. The summed E-state index contributed by atoms with van der Waals surface area (Å²) < 4.78 is 7.21. The smallest absolute Gasteiger partial charge is 0.146 e. The molecule has 1 aromatic heterocycles. The molecule has 5 nitrogen and oxygen atoms in total. The van der Waals surface area contributed by atoms with Crippen molar-refractivity contribution in [2.45, 2.75) is 6.04 Å². The molecule has 0 amide bonds. The maximum absolute atomic E-state index is 5.41. The Labute approximate surface area is 77.3 Å². The van der Waals surface area contributed by atoms with E-state index < -0.39 is 0 Å². The van der Waals surface area contributed by atoms with Crippen molar-refractivity contribution in [2.75, 3.05) is 26.8 Å². The van der Waals surface area contributed by atoms with Crippen LogP contribution in [-0.2, 0) is 11.8 Å². The lowest BCUT2D eigenvalue weighted by Crippen LogP contribution is -2.37. The predicted molar refractivity (Wildman–Crippen MR) is 47.2 cm³/mol. The van der Waals surface area contributed by atoms with Crippen molar-refractivity contribution < 1.29 is 4.74 Å². The lowest BCUT2D eigenvalue weighted by atomic mass is 10.2. The average Bonchev–Trinajstić information content (AvgIpc) is 2.52. The van der Waals surface area contributed by atoms with Gasteiger partial charge in [-0.15, -0.1) is 0 Å². The molecule has 0 spiro atoms. The number of ether oxygens (including phenoxy) is 1. The normalized spacial score (nSPS) is 24.9. The van der Waals surface area contributed by atoms with Crippen LogP contribution in [-0.4, -0.2) is 46.5 Å². The summed E-state index contributed by atoms with van der Waals surface area (Å²) in [6.45, 7) is 2.48. The fraction of sp³-hybridized carbons (Fsp3) is 0.750. The van der Waals surface area contributed by atoms with Crippen LogP contribution < -0.4 is 0 Å². The van der Waals surface area contributed by atoms with E-state index in [1.54, 1.807) is 11.0 Å². The molecule has 0 radical (unpaired) electrons. The van der Waals surface area contributed by atoms with Crippen LogP contribution in [0.4, 0.5) is 0 Å². The minimum atomic E-state index is 0.251. The number of likely N-dealkylation sites (N-methyl/N-ethyl adjacent to an activating group) is 1. The Hall–Kier alpha value is -0.940. The zero-order chi connectivity index (χ0) is 9.26. The molecular formula is C8H14N4O. The van der Waals surface area contributed by atoms with Crippen LogP contribution in [0.1, 0.15) is 11.9 Å². The van der Waals surface area contributed by atoms with Crippen molar-refractivity contribution in [3.63, 3.8) is 0 Å². The lowest BCUT2D eigenvalue weighted by molar-refractivity contribution is 0.000560. The first-order valence-electron chi connectivity index (χ1n) is 4.41. The highest BCUT2D eigenvalue weighted by molar-refractivity contribution is 4.95. The van der Waals surface area contributed by atoms with E-state index in [4.69, 9.17) is 4.74 Å². The number of aryl methyl sites for hydroxylation is 1. The van der Waals surface area contributed by atoms with Gasteiger partial charge in [-0.2, -0.15) is 5.10 Å². The van der Waals surface area contributed by atoms with Crippen molar-refractivity contribution in [1.29, 1.82) is 0 Å². The number of hydrogen-bond donors (Lipinski definition) is 0. The molecule has 1 aliphatic rings. The van der Waals surface area contributed by atoms with Crippen molar-refractivity contribution in [1.82, 2.24) is 19.7 Å². The molecule has 1 atom stereocenters. The Balaban J connectivity index is 2.19. The summed E-state index contributed by atoms with van der Waals surface area (Å²) in [5.41, 5.74) is 0. The molecule has 5 heteroatoms. The molecule has 1 saturated heterocycles. The van der Waals surface area contributed by atoms with Gasteiger partial charge in [0, 0.05) is 13.6 Å². The van der Waals surface area contributed by atoms with Gasteiger partial charge in [-0.3, -0.25) is 9.58 Å². The topological polar surface area (TPSA) is 43.2 Å². The lowest BCUT2D eigenvalue weighted by Gasteiger charge is -2.31. The zero-order valence-corrected chi connectivity index (χ0v) is 7.97. The Morgan fingerprint density at radius 1 is 1.54 bits per heavy atom. The van der Waals surface area contributed by atoms with E-state index in [2.05, 4.69) is 22.0 Å². The maximum atomic E-state index is 5.41. The first kappa shape index (κ1) is 8.65. The second-order valence-electron chi connectivity index (χ2n) is 3.31. The highest BCUT2D eigenvalue weighted by atomic mass is 16.5. The minimum absolute atomic E-state index is 0.251. The van der Waals surface area contributed by atoms with Crippen LogP contribution in [0.3, 0.4) is 0 Å². The fourth-order valence-electron chi connectivity index (χ4n) is 1.57. The van der Waals surface area contributed by atoms with Gasteiger partial charge in [0.25, 0.3) is 0 Å². The average molecular weight is 182 g/mol. The minimum Gasteiger partial charge on any atom is -0.378 e. The second kappa shape index (κ2) is 3.43. The van der Waals surface area contributed by atoms with Crippen LogP contribution in [0.2, 0.25) is 0 Å². The molecule has 0 N–H and O–H groups in total. The molecule has 1 aliphatic heterocycles. The van der Waals surface area contributed by atoms with E-state index in [9.17, 15) is 0 Å². The molecule has 1 aromatic rings. The van der Waals surface area contributed by atoms with E-state index in [-0.39, 0.29) is 6.04 Å². The molecule has 0 aliphatic carbocycles. The fourth-order valence-corrected chi connectivity index (χ4v) is 1.57. The van der Waals surface area contributed by atoms with Crippen molar-refractivity contribution in [3.05, 3.63) is 12.2 Å². The monoisotopic (exact) mass is 182 g/mol. The van der Waals surface area contributed by atoms with Gasteiger partial charge in [0.05, 0.1) is 19.3 Å². The van der Waals surface area contributed by atoms with E-state index in [0.717, 1.165) is 19.0 Å². The van der Waals surface area contributed by atoms with E-state index >= 15 is 0 Å². The van der Waals surface area contributed by atoms with Gasteiger partial charge in [0.2, 0.25) is 0 Å². The largest absolute Gasteiger partial charge is 0.378 e. The van der Waals surface area contributed by atoms with E-state index in [1.807, 2.05) is 7.05 Å². The third kappa shape index (κ3) is 1.57. The molecule has 1 fully saturated rings. The number of aromatic nitrogens is 3. The predicted octanol–water partition coefficient (Wildman–Crippen LogP) is -0.182. The van der Waals surface area contributed by atoms with E-state index in [1.165, 1.54) is 0 Å². The molecule has 0 aromatic carbocycles. The summed E-state index contributed by atoms with van der Waals surface area (Å²) in [5.74, 6) is 0.974. The number of morpholine rings is 1. The molecule has 13 heavy (non-hydrogen) atoms. The highest BCUT2D eigenvalue weighted by Gasteiger charge is 2.24. The Kier molecular flexibility index (Phi) is 2.28. The highest BCUT2D eigenvalue weighted by Crippen LogP contribution is 2.19. The molecular weight excluding hydrogens is 168 g/mol. The third-order valence-corrected chi connectivity index (χ3v) is 2.44. The summed E-state index contributed by atoms with van der Waals surface area (Å²) >= 11 is 0. The molecule has 0 bridgehead atoms. The summed E-state index contributed by atoms with van der Waals surface area (Å²) in [6, 6.07) is 0.251. The Morgan fingerprint density at radius 3 is 3.00 bits per heavy atom. The van der Waals surface area contributed by atoms with Crippen LogP contribution in [0.5, 0.6) is 0 Å². The quantitative estimate of drug-likeness (QED) is 0.604. The SMILES string of the molecule is CN1CCOCC1c1ncnn1C. The van der Waals surface area contributed by atoms with Crippen molar-refractivity contribution in [3.8, 4) is 0 Å². The third-order valence-electron chi connectivity index (χ3n) is 2.44. The molecule has 2 heterocycles. The van der Waals surface area contributed by atoms with Gasteiger partial charge in [-0.25, -0.2) is 4.98 Å². The summed E-state index contributed by atoms with van der Waals surface area (Å²) in [4.78, 5) is 6.46. The number of nitrogens with zero attached hydrogens (tertiary/aromatic N) is 4. The summed E-state index contributed by atoms with van der Waals surface area (Å²) in [7, 11) is 3.99. The molecule has 72 valence electrons. The van der Waals surface area contributed by atoms with Crippen molar-refractivity contribution in [2.24, 2.45) is 7.05 Å². The van der Waals surface area contributed by atoms with Crippen molar-refractivity contribution >= 4 is 0 Å². The van der Waals surface area contributed by atoms with Gasteiger partial charge in [0.1, 0.15) is 12.2 Å². The Bertz CT molecular complexity index is 285. The zero-order valence-electron chi connectivity index (χ0n) is 7.97. The van der Waals surface area contributed by atoms with Crippen LogP contribution in [0.25, 0.3) is 0 Å². The van der Waals surface area contributed by atoms with Crippen LogP contribution in [0.15, 0.2) is 6.33 Å².